The molecule has 1 saturated heterocycles. The van der Waals surface area contributed by atoms with Crippen LogP contribution in [0.5, 0.6) is 11.5 Å². The highest BCUT2D eigenvalue weighted by atomic mass is 19.3. The lowest BCUT2D eigenvalue weighted by molar-refractivity contribution is -0.123. The monoisotopic (exact) mass is 300 g/mol. The van der Waals surface area contributed by atoms with Crippen LogP contribution in [0.4, 0.5) is 14.5 Å². The van der Waals surface area contributed by atoms with Crippen molar-refractivity contribution < 1.29 is 27.8 Å². The lowest BCUT2D eigenvalue weighted by atomic mass is 10.1. The molecule has 21 heavy (non-hydrogen) atoms. The lowest BCUT2D eigenvalue weighted by Crippen LogP contribution is -2.25. The van der Waals surface area contributed by atoms with Gasteiger partial charge >= 0.3 is 6.61 Å². The topological polar surface area (TPSA) is 76.7 Å². The quantitative estimate of drug-likeness (QED) is 0.861. The van der Waals surface area contributed by atoms with Crippen molar-refractivity contribution in [3.63, 3.8) is 0 Å². The second-order valence-corrected chi connectivity index (χ2v) is 4.43. The SMILES string of the molecule is COc1ccc(OC(F)F)c(NC(=O)C2CNC(=O)C2)c1. The third kappa shape index (κ3) is 3.80. The molecule has 0 radical (unpaired) electrons. The van der Waals surface area contributed by atoms with Crippen LogP contribution in [0.25, 0.3) is 0 Å². The third-order valence-electron chi connectivity index (χ3n) is 3.01. The fraction of sp³-hybridized carbons (Fsp3) is 0.385. The lowest BCUT2D eigenvalue weighted by Gasteiger charge is -2.14. The summed E-state index contributed by atoms with van der Waals surface area (Å²) in [5.41, 5.74) is 0.0685. The van der Waals surface area contributed by atoms with Crippen LogP contribution in [-0.2, 0) is 9.59 Å². The highest BCUT2D eigenvalue weighted by Crippen LogP contribution is 2.31. The fourth-order valence-corrected chi connectivity index (χ4v) is 1.96. The zero-order valence-corrected chi connectivity index (χ0v) is 11.2. The van der Waals surface area contributed by atoms with Gasteiger partial charge in [0.05, 0.1) is 18.7 Å². The molecule has 1 aromatic carbocycles. The summed E-state index contributed by atoms with van der Waals surface area (Å²) in [6, 6.07) is 4.09. The minimum Gasteiger partial charge on any atom is -0.497 e. The number of methoxy groups -OCH3 is 1. The van der Waals surface area contributed by atoms with Gasteiger partial charge in [-0.3, -0.25) is 9.59 Å². The highest BCUT2D eigenvalue weighted by Gasteiger charge is 2.28. The number of hydrogen-bond donors (Lipinski definition) is 2. The molecule has 0 saturated carbocycles. The maximum absolute atomic E-state index is 12.4. The van der Waals surface area contributed by atoms with Gasteiger partial charge in [-0.05, 0) is 12.1 Å². The van der Waals surface area contributed by atoms with Gasteiger partial charge in [-0.15, -0.1) is 0 Å². The molecule has 0 aliphatic carbocycles. The maximum Gasteiger partial charge on any atom is 0.387 e. The molecule has 2 N–H and O–H groups in total. The van der Waals surface area contributed by atoms with Crippen LogP contribution >= 0.6 is 0 Å². The number of carbonyl (C=O) groups is 2. The van der Waals surface area contributed by atoms with Crippen LogP contribution in [-0.4, -0.2) is 32.1 Å². The second kappa shape index (κ2) is 6.38. The van der Waals surface area contributed by atoms with Crippen molar-refractivity contribution in [3.8, 4) is 11.5 Å². The summed E-state index contributed by atoms with van der Waals surface area (Å²) < 4.78 is 34.0. The summed E-state index contributed by atoms with van der Waals surface area (Å²) in [6.07, 6.45) is 0.0703. The molecule has 2 amide bonds. The molecule has 0 spiro atoms. The first kappa shape index (κ1) is 15.0. The number of ether oxygens (including phenoxy) is 2. The van der Waals surface area contributed by atoms with Crippen LogP contribution < -0.4 is 20.1 Å². The summed E-state index contributed by atoms with van der Waals surface area (Å²) in [4.78, 5) is 23.1. The molecule has 0 aromatic heterocycles. The maximum atomic E-state index is 12.4. The van der Waals surface area contributed by atoms with Gasteiger partial charge < -0.3 is 20.1 Å². The van der Waals surface area contributed by atoms with Crippen molar-refractivity contribution in [2.75, 3.05) is 19.0 Å². The van der Waals surface area contributed by atoms with Crippen LogP contribution in [0.1, 0.15) is 6.42 Å². The number of rotatable bonds is 5. The van der Waals surface area contributed by atoms with Gasteiger partial charge in [0.1, 0.15) is 11.5 Å². The highest BCUT2D eigenvalue weighted by molar-refractivity contribution is 5.98. The van der Waals surface area contributed by atoms with E-state index in [1.165, 1.54) is 25.3 Å². The van der Waals surface area contributed by atoms with E-state index in [4.69, 9.17) is 4.74 Å². The van der Waals surface area contributed by atoms with Gasteiger partial charge in [0, 0.05) is 19.0 Å². The Bertz CT molecular complexity index is 551. The van der Waals surface area contributed by atoms with E-state index in [2.05, 4.69) is 15.4 Å². The van der Waals surface area contributed by atoms with E-state index >= 15 is 0 Å². The van der Waals surface area contributed by atoms with Gasteiger partial charge in [0.25, 0.3) is 0 Å². The van der Waals surface area contributed by atoms with E-state index in [0.29, 0.717) is 5.75 Å². The number of nitrogens with one attached hydrogen (secondary N) is 2. The van der Waals surface area contributed by atoms with Crippen molar-refractivity contribution in [2.45, 2.75) is 13.0 Å². The van der Waals surface area contributed by atoms with E-state index in [9.17, 15) is 18.4 Å². The van der Waals surface area contributed by atoms with Crippen molar-refractivity contribution in [1.82, 2.24) is 5.32 Å². The van der Waals surface area contributed by atoms with Gasteiger partial charge in [-0.2, -0.15) is 8.78 Å². The Morgan fingerprint density at radius 3 is 2.81 bits per heavy atom. The zero-order chi connectivity index (χ0) is 15.4. The molecule has 2 rings (SSSR count). The Kier molecular flexibility index (Phi) is 4.56. The van der Waals surface area contributed by atoms with Gasteiger partial charge in [-0.1, -0.05) is 0 Å². The Hall–Kier alpha value is -2.38. The van der Waals surface area contributed by atoms with E-state index in [-0.39, 0.29) is 30.3 Å². The Balaban J connectivity index is 2.16. The molecule has 1 aromatic rings. The molecule has 1 heterocycles. The molecule has 0 bridgehead atoms. The predicted molar refractivity (Wildman–Crippen MR) is 69.4 cm³/mol. The fourth-order valence-electron chi connectivity index (χ4n) is 1.96. The first-order valence-corrected chi connectivity index (χ1v) is 6.20. The summed E-state index contributed by atoms with van der Waals surface area (Å²) in [5, 5.41) is 5.01. The van der Waals surface area contributed by atoms with Crippen molar-refractivity contribution in [1.29, 1.82) is 0 Å². The van der Waals surface area contributed by atoms with Gasteiger partial charge in [0.15, 0.2) is 0 Å². The molecule has 1 unspecified atom stereocenters. The number of carbonyl (C=O) groups excluding carboxylic acids is 2. The van der Waals surface area contributed by atoms with E-state index in [1.807, 2.05) is 0 Å². The summed E-state index contributed by atoms with van der Waals surface area (Å²) in [5.74, 6) is -0.988. The number of alkyl halides is 2. The number of benzene rings is 1. The molecule has 1 aliphatic rings. The first-order valence-electron chi connectivity index (χ1n) is 6.20. The van der Waals surface area contributed by atoms with Crippen LogP contribution in [0.3, 0.4) is 0 Å². The molecule has 8 heteroatoms. The molecule has 114 valence electrons. The number of hydrogen-bond acceptors (Lipinski definition) is 4. The van der Waals surface area contributed by atoms with Crippen molar-refractivity contribution in [3.05, 3.63) is 18.2 Å². The molecular formula is C13H14F2N2O4. The minimum absolute atomic E-state index is 0.0685. The largest absolute Gasteiger partial charge is 0.497 e. The zero-order valence-electron chi connectivity index (χ0n) is 11.2. The van der Waals surface area contributed by atoms with Crippen molar-refractivity contribution in [2.24, 2.45) is 5.92 Å². The normalized spacial score (nSPS) is 17.5. The molecular weight excluding hydrogens is 286 g/mol. The first-order chi connectivity index (χ1) is 9.99. The number of anilines is 1. The summed E-state index contributed by atoms with van der Waals surface area (Å²) in [6.45, 7) is -2.79. The average molecular weight is 300 g/mol. The smallest absolute Gasteiger partial charge is 0.387 e. The molecule has 1 aliphatic heterocycles. The number of amides is 2. The van der Waals surface area contributed by atoms with Crippen LogP contribution in [0, 0.1) is 5.92 Å². The molecule has 6 nitrogen and oxygen atoms in total. The summed E-state index contributed by atoms with van der Waals surface area (Å²) >= 11 is 0. The van der Waals surface area contributed by atoms with E-state index in [1.54, 1.807) is 0 Å². The predicted octanol–water partition coefficient (Wildman–Crippen LogP) is 1.37. The minimum atomic E-state index is -3.01. The average Bonchev–Trinajstić information content (AvgIpc) is 2.87. The summed E-state index contributed by atoms with van der Waals surface area (Å²) in [7, 11) is 1.41. The molecule has 1 atom stereocenters. The molecule has 1 fully saturated rings. The van der Waals surface area contributed by atoms with Crippen LogP contribution in [0.2, 0.25) is 0 Å². The second-order valence-electron chi connectivity index (χ2n) is 4.43. The number of halogens is 2. The van der Waals surface area contributed by atoms with E-state index < -0.39 is 18.4 Å². The Morgan fingerprint density at radius 2 is 2.24 bits per heavy atom. The van der Waals surface area contributed by atoms with Crippen LogP contribution in [0.15, 0.2) is 18.2 Å². The standard InChI is InChI=1S/C13H14F2N2O4/c1-20-8-2-3-10(21-13(14)15)9(5-8)17-12(19)7-4-11(18)16-6-7/h2-3,5,7,13H,4,6H2,1H3,(H,16,18)(H,17,19). The third-order valence-corrected chi connectivity index (χ3v) is 3.01. The Morgan fingerprint density at radius 1 is 1.48 bits per heavy atom. The Labute approximate surface area is 119 Å². The van der Waals surface area contributed by atoms with Gasteiger partial charge in [0.2, 0.25) is 11.8 Å². The van der Waals surface area contributed by atoms with Crippen molar-refractivity contribution >= 4 is 17.5 Å². The van der Waals surface area contributed by atoms with Gasteiger partial charge in [-0.25, -0.2) is 0 Å². The van der Waals surface area contributed by atoms with E-state index in [0.717, 1.165) is 0 Å².